The summed E-state index contributed by atoms with van der Waals surface area (Å²) in [5, 5.41) is 0.668. The standard InChI is InChI=1S/C11H27NP2/c1-10(2,3)13(11(4,5)6)12-14(7,8)9/h1-9H3. The van der Waals surface area contributed by atoms with E-state index in [1.807, 2.05) is 0 Å². The zero-order chi connectivity index (χ0) is 11.8. The van der Waals surface area contributed by atoms with Crippen LogP contribution in [0.1, 0.15) is 41.5 Å². The Kier molecular flexibility index (Phi) is 4.46. The van der Waals surface area contributed by atoms with Crippen molar-refractivity contribution in [2.24, 2.45) is 4.52 Å². The lowest BCUT2D eigenvalue weighted by Crippen LogP contribution is -2.23. The van der Waals surface area contributed by atoms with E-state index in [-0.39, 0.29) is 8.07 Å². The van der Waals surface area contributed by atoms with Gasteiger partial charge in [-0.05, 0) is 27.0 Å². The van der Waals surface area contributed by atoms with Gasteiger partial charge in [0, 0.05) is 18.4 Å². The first-order chi connectivity index (χ1) is 5.84. The zero-order valence-electron chi connectivity index (χ0n) is 11.3. The van der Waals surface area contributed by atoms with Gasteiger partial charge in [0.2, 0.25) is 0 Å². The van der Waals surface area contributed by atoms with Gasteiger partial charge in [-0.1, -0.05) is 41.5 Å². The van der Waals surface area contributed by atoms with Gasteiger partial charge in [0.15, 0.2) is 0 Å². The first-order valence-corrected chi connectivity index (χ1v) is 9.57. The van der Waals surface area contributed by atoms with E-state index < -0.39 is 7.05 Å². The molecule has 3 heteroatoms. The molecule has 0 saturated carbocycles. The molecule has 0 radical (unpaired) electrons. The molecule has 0 N–H and O–H groups in total. The lowest BCUT2D eigenvalue weighted by Gasteiger charge is -2.39. The highest BCUT2D eigenvalue weighted by molar-refractivity contribution is 7.73. The largest absolute Gasteiger partial charge is 0.280 e. The second kappa shape index (κ2) is 4.26. The predicted molar refractivity (Wildman–Crippen MR) is 73.5 cm³/mol. The van der Waals surface area contributed by atoms with Gasteiger partial charge < -0.3 is 0 Å². The second-order valence-corrected chi connectivity index (χ2v) is 14.6. The Morgan fingerprint density at radius 1 is 0.786 bits per heavy atom. The van der Waals surface area contributed by atoms with Crippen LogP contribution in [-0.4, -0.2) is 30.3 Å². The quantitative estimate of drug-likeness (QED) is 0.562. The molecule has 0 aliphatic rings. The SMILES string of the molecule is CC(C)(C)P(N=P(C)(C)C)C(C)(C)C. The van der Waals surface area contributed by atoms with E-state index in [1.165, 1.54) is 0 Å². The van der Waals surface area contributed by atoms with Crippen LogP contribution in [0.2, 0.25) is 0 Å². The molecule has 0 unspecified atom stereocenters. The average Bonchev–Trinajstić information content (AvgIpc) is 1.75. The number of nitrogens with zero attached hydrogens (tertiary/aromatic N) is 1. The molecule has 0 aromatic heterocycles. The first-order valence-electron chi connectivity index (χ1n) is 5.19. The molecule has 0 saturated heterocycles. The smallest absolute Gasteiger partial charge is 0.0248 e. The fourth-order valence-electron chi connectivity index (χ4n) is 1.54. The molecule has 0 amide bonds. The van der Waals surface area contributed by atoms with Gasteiger partial charge in [-0.2, -0.15) is 0 Å². The van der Waals surface area contributed by atoms with Crippen LogP contribution in [0, 0.1) is 0 Å². The van der Waals surface area contributed by atoms with E-state index in [9.17, 15) is 0 Å². The summed E-state index contributed by atoms with van der Waals surface area (Å²) in [6.07, 6.45) is 0. The summed E-state index contributed by atoms with van der Waals surface area (Å²) in [5.41, 5.74) is 0. The van der Waals surface area contributed by atoms with Gasteiger partial charge in [-0.25, -0.2) is 0 Å². The summed E-state index contributed by atoms with van der Waals surface area (Å²) in [6, 6.07) is 0. The molecule has 0 spiro atoms. The fourth-order valence-corrected chi connectivity index (χ4v) is 7.85. The molecule has 0 heterocycles. The Balaban J connectivity index is 5.18. The minimum Gasteiger partial charge on any atom is -0.280 e. The molecule has 0 aliphatic carbocycles. The Hall–Kier alpha value is 0.660. The predicted octanol–water partition coefficient (Wildman–Crippen LogP) is 5.07. The Morgan fingerprint density at radius 2 is 1.07 bits per heavy atom. The van der Waals surface area contributed by atoms with Crippen molar-refractivity contribution in [1.82, 2.24) is 0 Å². The molecular weight excluding hydrogens is 208 g/mol. The van der Waals surface area contributed by atoms with Crippen LogP contribution < -0.4 is 0 Å². The summed E-state index contributed by atoms with van der Waals surface area (Å²) in [7, 11) is -1.27. The lowest BCUT2D eigenvalue weighted by atomic mass is 10.2. The van der Waals surface area contributed by atoms with Crippen molar-refractivity contribution in [3.8, 4) is 0 Å². The molecule has 0 atom stereocenters. The van der Waals surface area contributed by atoms with Crippen LogP contribution in [0.4, 0.5) is 0 Å². The molecule has 14 heavy (non-hydrogen) atoms. The second-order valence-electron chi connectivity index (χ2n) is 6.68. The van der Waals surface area contributed by atoms with E-state index in [4.69, 9.17) is 4.52 Å². The van der Waals surface area contributed by atoms with Crippen molar-refractivity contribution >= 4 is 15.1 Å². The van der Waals surface area contributed by atoms with Crippen LogP contribution in [-0.2, 0) is 0 Å². The number of rotatable bonds is 1. The Labute approximate surface area is 91.9 Å². The molecule has 0 bridgehead atoms. The molecular formula is C11H27NP2. The van der Waals surface area contributed by atoms with Crippen molar-refractivity contribution in [2.45, 2.75) is 51.9 Å². The van der Waals surface area contributed by atoms with E-state index in [1.54, 1.807) is 0 Å². The molecule has 0 fully saturated rings. The maximum atomic E-state index is 5.13. The van der Waals surface area contributed by atoms with Crippen molar-refractivity contribution in [1.29, 1.82) is 0 Å². The Bertz CT molecular complexity index is 215. The van der Waals surface area contributed by atoms with Crippen LogP contribution in [0.15, 0.2) is 4.52 Å². The molecule has 86 valence electrons. The molecule has 0 rings (SSSR count). The molecule has 0 aromatic rings. The van der Waals surface area contributed by atoms with Gasteiger partial charge in [-0.3, -0.25) is 4.52 Å². The van der Waals surface area contributed by atoms with Crippen LogP contribution in [0.25, 0.3) is 0 Å². The third kappa shape index (κ3) is 5.52. The van der Waals surface area contributed by atoms with E-state index in [0.29, 0.717) is 10.3 Å². The lowest BCUT2D eigenvalue weighted by molar-refractivity contribution is 0.707. The van der Waals surface area contributed by atoms with Gasteiger partial charge >= 0.3 is 0 Å². The summed E-state index contributed by atoms with van der Waals surface area (Å²) >= 11 is 0. The van der Waals surface area contributed by atoms with E-state index in [2.05, 4.69) is 61.5 Å². The number of hydrogen-bond acceptors (Lipinski definition) is 1. The summed E-state index contributed by atoms with van der Waals surface area (Å²) in [4.78, 5) is 0. The van der Waals surface area contributed by atoms with Gasteiger partial charge in [0.05, 0.1) is 0 Å². The van der Waals surface area contributed by atoms with Crippen molar-refractivity contribution in [3.63, 3.8) is 0 Å². The first kappa shape index (κ1) is 14.7. The zero-order valence-corrected chi connectivity index (χ0v) is 13.1. The maximum absolute atomic E-state index is 5.13. The van der Waals surface area contributed by atoms with E-state index in [0.717, 1.165) is 0 Å². The monoisotopic (exact) mass is 235 g/mol. The maximum Gasteiger partial charge on any atom is 0.0248 e. The highest BCUT2D eigenvalue weighted by Crippen LogP contribution is 2.65. The molecule has 0 aliphatic heterocycles. The fraction of sp³-hybridized carbons (Fsp3) is 1.00. The number of hydrogen-bond donors (Lipinski definition) is 0. The van der Waals surface area contributed by atoms with Gasteiger partial charge in [0.1, 0.15) is 0 Å². The summed E-state index contributed by atoms with van der Waals surface area (Å²) in [5.74, 6) is 0. The average molecular weight is 235 g/mol. The normalized spacial score (nSPS) is 14.7. The summed E-state index contributed by atoms with van der Waals surface area (Å²) < 4.78 is 5.13. The van der Waals surface area contributed by atoms with E-state index >= 15 is 0 Å². The van der Waals surface area contributed by atoms with Crippen molar-refractivity contribution in [3.05, 3.63) is 0 Å². The topological polar surface area (TPSA) is 12.4 Å². The highest BCUT2D eigenvalue weighted by atomic mass is 31.2. The van der Waals surface area contributed by atoms with Crippen LogP contribution in [0.3, 0.4) is 0 Å². The van der Waals surface area contributed by atoms with Crippen molar-refractivity contribution < 1.29 is 0 Å². The summed E-state index contributed by atoms with van der Waals surface area (Å²) in [6.45, 7) is 20.9. The van der Waals surface area contributed by atoms with Crippen molar-refractivity contribution in [2.75, 3.05) is 20.0 Å². The minimum atomic E-state index is -1.01. The van der Waals surface area contributed by atoms with Gasteiger partial charge in [0.25, 0.3) is 0 Å². The van der Waals surface area contributed by atoms with Gasteiger partial charge in [-0.15, -0.1) is 0 Å². The molecule has 0 aromatic carbocycles. The third-order valence-electron chi connectivity index (χ3n) is 1.63. The molecule has 1 nitrogen and oxygen atoms in total. The van der Waals surface area contributed by atoms with Crippen LogP contribution >= 0.6 is 15.1 Å². The third-order valence-corrected chi connectivity index (χ3v) is 7.03. The van der Waals surface area contributed by atoms with Crippen LogP contribution in [0.5, 0.6) is 0 Å². The highest BCUT2D eigenvalue weighted by Gasteiger charge is 2.34. The Morgan fingerprint density at radius 3 is 1.14 bits per heavy atom. The minimum absolute atomic E-state index is 0.256.